The molecule has 0 aliphatic carbocycles. The number of hydrogen-bond acceptors (Lipinski definition) is 9. The maximum Gasteiger partial charge on any atom is 0.434 e. The molecule has 0 spiro atoms. The molecule has 9 nitrogen and oxygen atoms in total. The van der Waals surface area contributed by atoms with Crippen LogP contribution in [0.25, 0.3) is 11.4 Å². The molecule has 0 aliphatic rings. The Hall–Kier alpha value is -3.66. The van der Waals surface area contributed by atoms with Crippen molar-refractivity contribution in [3.05, 3.63) is 53.9 Å². The Labute approximate surface area is 189 Å². The number of aryl methyl sites for hydroxylation is 1. The Bertz CT molecular complexity index is 1160. The lowest BCUT2D eigenvalue weighted by molar-refractivity contribution is 0.183. The number of benzene rings is 2. The van der Waals surface area contributed by atoms with Gasteiger partial charge in [0.2, 0.25) is 11.7 Å². The predicted molar refractivity (Wildman–Crippen MR) is 124 cm³/mol. The summed E-state index contributed by atoms with van der Waals surface area (Å²) in [5.41, 5.74) is 2.61. The Morgan fingerprint density at radius 2 is 1.75 bits per heavy atom. The molecule has 3 aromatic rings. The zero-order valence-electron chi connectivity index (χ0n) is 18.3. The monoisotopic (exact) mass is 454 g/mol. The third-order valence-corrected chi connectivity index (χ3v) is 4.99. The lowest BCUT2D eigenvalue weighted by Crippen LogP contribution is -2.14. The highest BCUT2D eigenvalue weighted by molar-refractivity contribution is 8.15. The van der Waals surface area contributed by atoms with Crippen molar-refractivity contribution in [1.82, 2.24) is 10.1 Å². The van der Waals surface area contributed by atoms with Crippen LogP contribution in [0, 0.1) is 6.92 Å². The molecule has 3 rings (SSSR count). The molecule has 1 amide bonds. The van der Waals surface area contributed by atoms with Gasteiger partial charge in [-0.1, -0.05) is 5.16 Å². The summed E-state index contributed by atoms with van der Waals surface area (Å²) in [4.78, 5) is 24.9. The van der Waals surface area contributed by atoms with Crippen LogP contribution in [0.15, 0.2) is 57.0 Å². The zero-order valence-corrected chi connectivity index (χ0v) is 19.1. The zero-order chi connectivity index (χ0) is 23.1. The molecular formula is C22H22N4O5S. The Kier molecular flexibility index (Phi) is 7.61. The van der Waals surface area contributed by atoms with Crippen LogP contribution in [-0.2, 0) is 4.74 Å². The number of carbonyl (C=O) groups is 1. The number of hydrogen-bond donors (Lipinski definition) is 0. The highest BCUT2D eigenvalue weighted by atomic mass is 32.2. The summed E-state index contributed by atoms with van der Waals surface area (Å²) in [6, 6.07) is 12.7. The predicted octanol–water partition coefficient (Wildman–Crippen LogP) is 4.71. The fourth-order valence-electron chi connectivity index (χ4n) is 2.77. The van der Waals surface area contributed by atoms with Crippen molar-refractivity contribution in [3.63, 3.8) is 0 Å². The first-order valence-electron chi connectivity index (χ1n) is 9.41. The molecule has 0 saturated carbocycles. The Morgan fingerprint density at radius 3 is 2.31 bits per heavy atom. The third kappa shape index (κ3) is 5.33. The quantitative estimate of drug-likeness (QED) is 0.389. The van der Waals surface area contributed by atoms with Gasteiger partial charge in [0.1, 0.15) is 10.8 Å². The fraction of sp³-hybridized carbons (Fsp3) is 0.227. The van der Waals surface area contributed by atoms with Gasteiger partial charge < -0.3 is 18.7 Å². The number of aliphatic imine (C=N–C) groups is 2. The fourth-order valence-corrected chi connectivity index (χ4v) is 3.30. The second kappa shape index (κ2) is 10.6. The van der Waals surface area contributed by atoms with E-state index in [1.807, 2.05) is 30.3 Å². The van der Waals surface area contributed by atoms with Gasteiger partial charge >= 0.3 is 6.09 Å². The molecule has 0 saturated heterocycles. The summed E-state index contributed by atoms with van der Waals surface area (Å²) < 4.78 is 20.5. The summed E-state index contributed by atoms with van der Waals surface area (Å²) in [6.45, 7) is 1.73. The average molecular weight is 455 g/mol. The molecule has 166 valence electrons. The van der Waals surface area contributed by atoms with Gasteiger partial charge in [-0.25, -0.2) is 9.79 Å². The molecule has 0 radical (unpaired) electrons. The highest BCUT2D eigenvalue weighted by Crippen LogP contribution is 2.30. The average Bonchev–Trinajstić information content (AvgIpc) is 3.27. The lowest BCUT2D eigenvalue weighted by atomic mass is 10.1. The van der Waals surface area contributed by atoms with Crippen LogP contribution in [0.5, 0.6) is 11.5 Å². The van der Waals surface area contributed by atoms with E-state index < -0.39 is 6.09 Å². The Balaban J connectivity index is 2.08. The minimum atomic E-state index is -0.717. The number of aromatic nitrogens is 2. The molecule has 0 unspecified atom stereocenters. The number of amides is 1. The van der Waals surface area contributed by atoms with Crippen LogP contribution in [0.2, 0.25) is 0 Å². The van der Waals surface area contributed by atoms with Gasteiger partial charge in [0.15, 0.2) is 11.5 Å². The maximum absolute atomic E-state index is 11.9. The number of methoxy groups -OCH3 is 3. The van der Waals surface area contributed by atoms with Crippen LogP contribution < -0.4 is 9.47 Å². The molecule has 0 atom stereocenters. The van der Waals surface area contributed by atoms with Gasteiger partial charge in [0.05, 0.1) is 27.0 Å². The van der Waals surface area contributed by atoms with Crippen molar-refractivity contribution < 1.29 is 23.5 Å². The van der Waals surface area contributed by atoms with Gasteiger partial charge in [-0.15, -0.1) is 11.8 Å². The van der Waals surface area contributed by atoms with E-state index in [1.165, 1.54) is 18.9 Å². The van der Waals surface area contributed by atoms with Crippen molar-refractivity contribution in [2.24, 2.45) is 9.98 Å². The van der Waals surface area contributed by atoms with Crippen molar-refractivity contribution in [1.29, 1.82) is 0 Å². The number of ether oxygens (including phenoxy) is 3. The molecule has 10 heteroatoms. The first kappa shape index (κ1) is 23.0. The third-order valence-electron chi connectivity index (χ3n) is 4.31. The van der Waals surface area contributed by atoms with Gasteiger partial charge in [-0.05, 0) is 48.7 Å². The molecule has 0 aliphatic heterocycles. The summed E-state index contributed by atoms with van der Waals surface area (Å²) in [5.74, 6) is 2.08. The second-order valence-electron chi connectivity index (χ2n) is 6.31. The van der Waals surface area contributed by atoms with Gasteiger partial charge in [0.25, 0.3) is 0 Å². The summed E-state index contributed by atoms with van der Waals surface area (Å²) in [7, 11) is 4.38. The summed E-state index contributed by atoms with van der Waals surface area (Å²) in [5, 5.41) is 4.31. The van der Waals surface area contributed by atoms with Crippen LogP contribution >= 0.6 is 11.8 Å². The molecular weight excluding hydrogens is 432 g/mol. The topological polar surface area (TPSA) is 108 Å². The standard InChI is InChI=1S/C22H22N4O5S/c1-13-23-20(26-31-13)14-6-9-16(10-7-14)24-19(21(32-5)25-22(27)30-4)15-8-11-17(28-2)18(12-15)29-3/h6-12H,1-5H3/b24-19?,25-21-. The van der Waals surface area contributed by atoms with Crippen LogP contribution in [0.4, 0.5) is 10.5 Å². The highest BCUT2D eigenvalue weighted by Gasteiger charge is 2.17. The number of rotatable bonds is 6. The summed E-state index contributed by atoms with van der Waals surface area (Å²) >= 11 is 1.28. The van der Waals surface area contributed by atoms with Gasteiger partial charge in [-0.2, -0.15) is 9.98 Å². The van der Waals surface area contributed by atoms with E-state index in [4.69, 9.17) is 23.7 Å². The maximum atomic E-state index is 11.9. The van der Waals surface area contributed by atoms with Crippen molar-refractivity contribution in [2.45, 2.75) is 6.92 Å². The number of carbonyl (C=O) groups excluding carboxylic acids is 1. The smallest absolute Gasteiger partial charge is 0.434 e. The minimum Gasteiger partial charge on any atom is -0.493 e. The van der Waals surface area contributed by atoms with E-state index in [1.54, 1.807) is 39.5 Å². The van der Waals surface area contributed by atoms with Crippen molar-refractivity contribution in [3.8, 4) is 22.9 Å². The number of thioether (sulfide) groups is 1. The molecule has 0 bridgehead atoms. The van der Waals surface area contributed by atoms with Gasteiger partial charge in [-0.3, -0.25) is 0 Å². The van der Waals surface area contributed by atoms with E-state index in [-0.39, 0.29) is 0 Å². The summed E-state index contributed by atoms with van der Waals surface area (Å²) in [6.07, 6.45) is 1.09. The lowest BCUT2D eigenvalue weighted by Gasteiger charge is -2.12. The van der Waals surface area contributed by atoms with E-state index in [2.05, 4.69) is 15.1 Å². The first-order valence-corrected chi connectivity index (χ1v) is 10.6. The molecule has 1 heterocycles. The SMILES string of the molecule is COC(=O)/N=C(\SC)C(=Nc1ccc(-c2noc(C)n2)cc1)c1ccc(OC)c(OC)c1. The Morgan fingerprint density at radius 1 is 1.03 bits per heavy atom. The van der Waals surface area contributed by atoms with Crippen LogP contribution in [-0.4, -0.2) is 54.6 Å². The van der Waals surface area contributed by atoms with E-state index in [0.717, 1.165) is 5.56 Å². The van der Waals surface area contributed by atoms with Crippen LogP contribution in [0.3, 0.4) is 0 Å². The molecule has 0 N–H and O–H groups in total. The minimum absolute atomic E-state index is 0.391. The largest absolute Gasteiger partial charge is 0.493 e. The van der Waals surface area contributed by atoms with Crippen LogP contribution in [0.1, 0.15) is 11.5 Å². The van der Waals surface area contributed by atoms with E-state index >= 15 is 0 Å². The normalized spacial score (nSPS) is 11.9. The van der Waals surface area contributed by atoms with Crippen molar-refractivity contribution in [2.75, 3.05) is 27.6 Å². The molecule has 1 aromatic heterocycles. The first-order chi connectivity index (χ1) is 15.5. The molecule has 32 heavy (non-hydrogen) atoms. The second-order valence-corrected chi connectivity index (χ2v) is 7.10. The molecule has 2 aromatic carbocycles. The van der Waals surface area contributed by atoms with Crippen molar-refractivity contribution >= 4 is 34.3 Å². The molecule has 0 fully saturated rings. The van der Waals surface area contributed by atoms with E-state index in [9.17, 15) is 4.79 Å². The number of nitrogens with zero attached hydrogens (tertiary/aromatic N) is 4. The van der Waals surface area contributed by atoms with E-state index in [0.29, 0.717) is 45.2 Å². The van der Waals surface area contributed by atoms with Gasteiger partial charge in [0, 0.05) is 18.1 Å².